The molecule has 4 nitrogen and oxygen atoms in total. The molecule has 0 bridgehead atoms. The molecule has 0 radical (unpaired) electrons. The van der Waals surface area contributed by atoms with E-state index in [4.69, 9.17) is 4.74 Å². The largest absolute Gasteiger partial charge is 0.508 e. The Kier molecular flexibility index (Phi) is 4.12. The van der Waals surface area contributed by atoms with Gasteiger partial charge in [0.1, 0.15) is 17.0 Å². The summed E-state index contributed by atoms with van der Waals surface area (Å²) in [4.78, 5) is 13.5. The highest BCUT2D eigenvalue weighted by Gasteiger charge is 2.38. The number of hydrogen-bond donors (Lipinski definition) is 1. The van der Waals surface area contributed by atoms with Gasteiger partial charge >= 0.3 is 6.09 Å². The first-order valence-electron chi connectivity index (χ1n) is 7.16. The molecular formula is C16H22FNO3. The predicted octanol–water partition coefficient (Wildman–Crippen LogP) is 3.59. The molecule has 1 N–H and O–H groups in total. The number of carbonyl (C=O) groups is 1. The normalized spacial score (nSPS) is 18.4. The van der Waals surface area contributed by atoms with Crippen LogP contribution in [0.1, 0.15) is 39.2 Å². The number of aromatic hydroxyl groups is 1. The molecular weight excluding hydrogens is 273 g/mol. The van der Waals surface area contributed by atoms with Crippen molar-refractivity contribution in [3.63, 3.8) is 0 Å². The standard InChI is InChI=1S/C16H22FNO3/c1-15(2,3)21-14(20)18-9-7-16(17,8-10-18)12-5-4-6-13(19)11-12/h4-6,11,19H,7-10H2,1-3H3. The monoisotopic (exact) mass is 295 g/mol. The Bertz CT molecular complexity index is 516. The van der Waals surface area contributed by atoms with Gasteiger partial charge in [-0.25, -0.2) is 9.18 Å². The molecule has 1 fully saturated rings. The lowest BCUT2D eigenvalue weighted by atomic mass is 9.86. The molecule has 1 saturated heterocycles. The smallest absolute Gasteiger partial charge is 0.410 e. The summed E-state index contributed by atoms with van der Waals surface area (Å²) in [6.07, 6.45) is 0.00577. The van der Waals surface area contributed by atoms with Crippen LogP contribution < -0.4 is 0 Å². The molecule has 21 heavy (non-hydrogen) atoms. The summed E-state index contributed by atoms with van der Waals surface area (Å²) in [6.45, 7) is 6.03. The van der Waals surface area contributed by atoms with Gasteiger partial charge in [-0.3, -0.25) is 0 Å². The van der Waals surface area contributed by atoms with Crippen molar-refractivity contribution < 1.29 is 19.0 Å². The van der Waals surface area contributed by atoms with E-state index >= 15 is 0 Å². The van der Waals surface area contributed by atoms with Crippen molar-refractivity contribution in [3.05, 3.63) is 29.8 Å². The van der Waals surface area contributed by atoms with Crippen LogP contribution in [0.25, 0.3) is 0 Å². The summed E-state index contributed by atoms with van der Waals surface area (Å²) in [5, 5.41) is 9.47. The highest BCUT2D eigenvalue weighted by molar-refractivity contribution is 5.68. The third-order valence-electron chi connectivity index (χ3n) is 3.57. The van der Waals surface area contributed by atoms with E-state index in [0.717, 1.165) is 0 Å². The second-order valence-electron chi connectivity index (χ2n) is 6.48. The predicted molar refractivity (Wildman–Crippen MR) is 77.9 cm³/mol. The van der Waals surface area contributed by atoms with E-state index in [1.165, 1.54) is 17.0 Å². The van der Waals surface area contributed by atoms with Crippen LogP contribution in [0.3, 0.4) is 0 Å². The minimum Gasteiger partial charge on any atom is -0.508 e. The van der Waals surface area contributed by atoms with Gasteiger partial charge in [-0.2, -0.15) is 0 Å². The van der Waals surface area contributed by atoms with Crippen molar-refractivity contribution in [1.29, 1.82) is 0 Å². The van der Waals surface area contributed by atoms with E-state index in [-0.39, 0.29) is 18.6 Å². The third kappa shape index (κ3) is 3.86. The topological polar surface area (TPSA) is 49.8 Å². The number of alkyl halides is 1. The molecule has 1 aliphatic heterocycles. The fourth-order valence-corrected chi connectivity index (χ4v) is 2.44. The lowest BCUT2D eigenvalue weighted by molar-refractivity contribution is 0.00215. The molecule has 1 amide bonds. The number of amides is 1. The summed E-state index contributed by atoms with van der Waals surface area (Å²) in [6, 6.07) is 6.26. The highest BCUT2D eigenvalue weighted by Crippen LogP contribution is 2.38. The molecule has 0 saturated carbocycles. The number of carbonyl (C=O) groups excluding carboxylic acids is 1. The highest BCUT2D eigenvalue weighted by atomic mass is 19.1. The van der Waals surface area contributed by atoms with Crippen molar-refractivity contribution in [2.24, 2.45) is 0 Å². The van der Waals surface area contributed by atoms with Crippen LogP contribution in [0.4, 0.5) is 9.18 Å². The van der Waals surface area contributed by atoms with Gasteiger partial charge in [0.05, 0.1) is 0 Å². The Morgan fingerprint density at radius 2 is 1.95 bits per heavy atom. The van der Waals surface area contributed by atoms with Gasteiger partial charge < -0.3 is 14.7 Å². The minimum absolute atomic E-state index is 0.0547. The molecule has 116 valence electrons. The summed E-state index contributed by atoms with van der Waals surface area (Å²) in [7, 11) is 0. The number of halogens is 1. The zero-order chi connectivity index (χ0) is 15.7. The van der Waals surface area contributed by atoms with Crippen LogP contribution >= 0.6 is 0 Å². The van der Waals surface area contributed by atoms with Gasteiger partial charge in [0, 0.05) is 25.9 Å². The molecule has 0 aromatic heterocycles. The zero-order valence-corrected chi connectivity index (χ0v) is 12.7. The van der Waals surface area contributed by atoms with Gasteiger partial charge in [-0.15, -0.1) is 0 Å². The van der Waals surface area contributed by atoms with Crippen LogP contribution in [-0.2, 0) is 10.4 Å². The van der Waals surface area contributed by atoms with Crippen LogP contribution in [0.15, 0.2) is 24.3 Å². The van der Waals surface area contributed by atoms with Crippen molar-refractivity contribution in [3.8, 4) is 5.75 Å². The Labute approximate surface area is 124 Å². The molecule has 0 spiro atoms. The number of likely N-dealkylation sites (tertiary alicyclic amines) is 1. The molecule has 2 rings (SSSR count). The van der Waals surface area contributed by atoms with Gasteiger partial charge in [0.2, 0.25) is 0 Å². The number of ether oxygens (including phenoxy) is 1. The summed E-state index contributed by atoms with van der Waals surface area (Å²) >= 11 is 0. The maximum atomic E-state index is 15.0. The Hall–Kier alpha value is -1.78. The van der Waals surface area contributed by atoms with Crippen LogP contribution in [-0.4, -0.2) is 34.8 Å². The minimum atomic E-state index is -1.50. The van der Waals surface area contributed by atoms with Crippen LogP contribution in [0.2, 0.25) is 0 Å². The second-order valence-corrected chi connectivity index (χ2v) is 6.48. The van der Waals surface area contributed by atoms with E-state index in [1.807, 2.05) is 0 Å². The first-order chi connectivity index (χ1) is 9.70. The number of rotatable bonds is 1. The molecule has 1 aromatic carbocycles. The molecule has 0 unspecified atom stereocenters. The quantitative estimate of drug-likeness (QED) is 0.861. The van der Waals surface area contributed by atoms with Gasteiger partial charge in [0.15, 0.2) is 0 Å². The average Bonchev–Trinajstić information content (AvgIpc) is 2.37. The summed E-state index contributed by atoms with van der Waals surface area (Å²) in [5.41, 5.74) is -1.59. The van der Waals surface area contributed by atoms with Crippen LogP contribution in [0.5, 0.6) is 5.75 Å². The van der Waals surface area contributed by atoms with E-state index in [1.54, 1.807) is 32.9 Å². The maximum absolute atomic E-state index is 15.0. The third-order valence-corrected chi connectivity index (χ3v) is 3.57. The van der Waals surface area contributed by atoms with Gasteiger partial charge in [-0.05, 0) is 38.5 Å². The van der Waals surface area contributed by atoms with Crippen molar-refractivity contribution >= 4 is 6.09 Å². The van der Waals surface area contributed by atoms with Gasteiger partial charge in [-0.1, -0.05) is 12.1 Å². The van der Waals surface area contributed by atoms with E-state index in [2.05, 4.69) is 0 Å². The molecule has 0 aliphatic carbocycles. The maximum Gasteiger partial charge on any atom is 0.410 e. The lowest BCUT2D eigenvalue weighted by Gasteiger charge is -2.37. The number of hydrogen-bond acceptors (Lipinski definition) is 3. The van der Waals surface area contributed by atoms with Crippen LogP contribution in [0, 0.1) is 0 Å². The fourth-order valence-electron chi connectivity index (χ4n) is 2.44. The number of phenolic OH excluding ortho intramolecular Hbond substituents is 1. The summed E-state index contributed by atoms with van der Waals surface area (Å²) in [5.74, 6) is 0.0547. The van der Waals surface area contributed by atoms with Crippen molar-refractivity contribution in [2.75, 3.05) is 13.1 Å². The Morgan fingerprint density at radius 3 is 2.48 bits per heavy atom. The van der Waals surface area contributed by atoms with E-state index in [9.17, 15) is 14.3 Å². The molecule has 1 aliphatic rings. The van der Waals surface area contributed by atoms with Crippen molar-refractivity contribution in [2.45, 2.75) is 44.9 Å². The second kappa shape index (κ2) is 5.54. The van der Waals surface area contributed by atoms with Crippen molar-refractivity contribution in [1.82, 2.24) is 4.90 Å². The molecule has 1 aromatic rings. The molecule has 0 atom stereocenters. The van der Waals surface area contributed by atoms with E-state index in [0.29, 0.717) is 18.7 Å². The first-order valence-corrected chi connectivity index (χ1v) is 7.16. The number of nitrogens with zero attached hydrogens (tertiary/aromatic N) is 1. The average molecular weight is 295 g/mol. The lowest BCUT2D eigenvalue weighted by Crippen LogP contribution is -2.45. The molecule has 5 heteroatoms. The fraction of sp³-hybridized carbons (Fsp3) is 0.562. The Balaban J connectivity index is 2.01. The number of phenols is 1. The Morgan fingerprint density at radius 1 is 1.33 bits per heavy atom. The summed E-state index contributed by atoms with van der Waals surface area (Å²) < 4.78 is 20.3. The number of benzene rings is 1. The van der Waals surface area contributed by atoms with Gasteiger partial charge in [0.25, 0.3) is 0 Å². The zero-order valence-electron chi connectivity index (χ0n) is 12.7. The molecule has 1 heterocycles. The number of piperidine rings is 1. The first kappa shape index (κ1) is 15.6. The van der Waals surface area contributed by atoms with E-state index < -0.39 is 17.4 Å². The SMILES string of the molecule is CC(C)(C)OC(=O)N1CCC(F)(c2cccc(O)c2)CC1.